The number of likely N-dealkylation sites (N-methyl/N-ethyl adjacent to an activating group) is 1. The lowest BCUT2D eigenvalue weighted by Crippen LogP contribution is -2.57. The van der Waals surface area contributed by atoms with Crippen molar-refractivity contribution in [3.63, 3.8) is 0 Å². The molecule has 1 atom stereocenters. The fraction of sp³-hybridized carbons (Fsp3) is 0.476. The van der Waals surface area contributed by atoms with E-state index in [1.54, 1.807) is 0 Å². The van der Waals surface area contributed by atoms with E-state index in [9.17, 15) is 4.79 Å². The summed E-state index contributed by atoms with van der Waals surface area (Å²) < 4.78 is 0. The molecule has 1 saturated heterocycles. The molecule has 8 heteroatoms. The number of para-hydroxylation sites is 1. The monoisotopic (exact) mass is 412 g/mol. The van der Waals surface area contributed by atoms with Gasteiger partial charge in [0.1, 0.15) is 0 Å². The number of nitrogens with one attached hydrogen (secondary N) is 2. The van der Waals surface area contributed by atoms with Crippen LogP contribution in [0.3, 0.4) is 0 Å². The molecule has 2 N–H and O–H groups in total. The number of anilines is 1. The first kappa shape index (κ1) is 19.8. The molecule has 7 nitrogen and oxygen atoms in total. The van der Waals surface area contributed by atoms with Gasteiger partial charge in [0, 0.05) is 48.3 Å². The van der Waals surface area contributed by atoms with Crippen molar-refractivity contribution in [3.8, 4) is 0 Å². The van der Waals surface area contributed by atoms with Gasteiger partial charge in [0.15, 0.2) is 0 Å². The molecule has 0 saturated carbocycles. The largest absolute Gasteiger partial charge is 0.361 e. The Kier molecular flexibility index (Phi) is 5.31. The van der Waals surface area contributed by atoms with E-state index >= 15 is 0 Å². The molecule has 154 valence electrons. The van der Waals surface area contributed by atoms with Gasteiger partial charge >= 0.3 is 0 Å². The van der Waals surface area contributed by atoms with Crippen molar-refractivity contribution in [3.05, 3.63) is 41.0 Å². The molecule has 1 amide bonds. The maximum atomic E-state index is 12.7. The molecular weight excluding hydrogens is 384 g/mol. The summed E-state index contributed by atoms with van der Waals surface area (Å²) in [7, 11) is 2.14. The smallest absolute Gasteiger partial charge is 0.282 e. The van der Waals surface area contributed by atoms with Crippen LogP contribution in [0.4, 0.5) is 5.13 Å². The number of benzene rings is 1. The fourth-order valence-corrected chi connectivity index (χ4v) is 4.58. The highest BCUT2D eigenvalue weighted by Crippen LogP contribution is 2.27. The first-order valence-corrected chi connectivity index (χ1v) is 10.8. The molecule has 1 aromatic carbocycles. The quantitative estimate of drug-likeness (QED) is 0.674. The van der Waals surface area contributed by atoms with Gasteiger partial charge in [-0.25, -0.2) is 0 Å². The Hall–Kier alpha value is -2.45. The number of piperazine rings is 1. The highest BCUT2D eigenvalue weighted by molar-refractivity contribution is 7.17. The number of hydrogen-bond acceptors (Lipinski definition) is 6. The van der Waals surface area contributed by atoms with Crippen LogP contribution in [0.25, 0.3) is 10.9 Å². The number of aromatic nitrogens is 3. The third kappa shape index (κ3) is 4.13. The van der Waals surface area contributed by atoms with Crippen LogP contribution < -0.4 is 10.2 Å². The van der Waals surface area contributed by atoms with Crippen molar-refractivity contribution in [1.29, 1.82) is 0 Å². The molecule has 1 aliphatic heterocycles. The summed E-state index contributed by atoms with van der Waals surface area (Å²) >= 11 is 1.37. The first-order chi connectivity index (χ1) is 13.8. The van der Waals surface area contributed by atoms with Gasteiger partial charge in [-0.2, -0.15) is 0 Å². The third-order valence-electron chi connectivity index (χ3n) is 5.77. The minimum Gasteiger partial charge on any atom is -0.361 e. The van der Waals surface area contributed by atoms with Gasteiger partial charge in [-0.3, -0.25) is 9.69 Å². The van der Waals surface area contributed by atoms with E-state index in [0.29, 0.717) is 5.01 Å². The van der Waals surface area contributed by atoms with E-state index in [2.05, 4.69) is 63.3 Å². The summed E-state index contributed by atoms with van der Waals surface area (Å²) in [5, 5.41) is 13.9. The highest BCUT2D eigenvalue weighted by Gasteiger charge is 2.32. The Labute approximate surface area is 175 Å². The van der Waals surface area contributed by atoms with Crippen LogP contribution in [0.2, 0.25) is 0 Å². The van der Waals surface area contributed by atoms with Crippen molar-refractivity contribution in [2.45, 2.75) is 38.8 Å². The van der Waals surface area contributed by atoms with E-state index in [4.69, 9.17) is 0 Å². The van der Waals surface area contributed by atoms with Crippen LogP contribution in [0.5, 0.6) is 0 Å². The molecule has 1 aliphatic rings. The highest BCUT2D eigenvalue weighted by atomic mass is 32.1. The SMILES string of the molecule is CC(Cc1c[nH]c2ccccc12)NC(=O)c1nnc(N2CCN(C)C(C)(C)C2)s1. The van der Waals surface area contributed by atoms with E-state index < -0.39 is 0 Å². The van der Waals surface area contributed by atoms with Crippen LogP contribution >= 0.6 is 11.3 Å². The summed E-state index contributed by atoms with van der Waals surface area (Å²) in [6.45, 7) is 9.20. The summed E-state index contributed by atoms with van der Waals surface area (Å²) in [6, 6.07) is 8.21. The molecule has 4 rings (SSSR count). The maximum absolute atomic E-state index is 12.7. The number of fused-ring (bicyclic) bond motifs is 1. The molecule has 1 unspecified atom stereocenters. The van der Waals surface area contributed by atoms with Gasteiger partial charge in [0.25, 0.3) is 5.91 Å². The Morgan fingerprint density at radius 3 is 2.90 bits per heavy atom. The Morgan fingerprint density at radius 1 is 1.31 bits per heavy atom. The zero-order valence-electron chi connectivity index (χ0n) is 17.4. The topological polar surface area (TPSA) is 77.1 Å². The number of amides is 1. The number of nitrogens with zero attached hydrogens (tertiary/aromatic N) is 4. The lowest BCUT2D eigenvalue weighted by Gasteiger charge is -2.45. The molecular formula is C21H28N6OS. The number of aromatic amines is 1. The number of carbonyl (C=O) groups excluding carboxylic acids is 1. The predicted octanol–water partition coefficient (Wildman–Crippen LogP) is 2.91. The van der Waals surface area contributed by atoms with Gasteiger partial charge in [0.2, 0.25) is 10.1 Å². The van der Waals surface area contributed by atoms with E-state index in [0.717, 1.165) is 36.7 Å². The number of rotatable bonds is 5. The average Bonchev–Trinajstić information content (AvgIpc) is 3.32. The van der Waals surface area contributed by atoms with Crippen LogP contribution in [0.1, 0.15) is 36.1 Å². The zero-order chi connectivity index (χ0) is 20.6. The minimum atomic E-state index is -0.158. The van der Waals surface area contributed by atoms with E-state index in [1.165, 1.54) is 22.3 Å². The van der Waals surface area contributed by atoms with E-state index in [-0.39, 0.29) is 17.5 Å². The lowest BCUT2D eigenvalue weighted by atomic mass is 10.0. The lowest BCUT2D eigenvalue weighted by molar-refractivity contribution is 0.0939. The van der Waals surface area contributed by atoms with Gasteiger partial charge in [-0.15, -0.1) is 10.2 Å². The third-order valence-corrected chi connectivity index (χ3v) is 6.76. The Balaban J connectivity index is 1.39. The maximum Gasteiger partial charge on any atom is 0.282 e. The summed E-state index contributed by atoms with van der Waals surface area (Å²) in [5.41, 5.74) is 2.39. The molecule has 0 spiro atoms. The average molecular weight is 413 g/mol. The van der Waals surface area contributed by atoms with Crippen molar-refractivity contribution in [2.75, 3.05) is 31.6 Å². The summed E-state index contributed by atoms with van der Waals surface area (Å²) in [4.78, 5) is 20.5. The second-order valence-electron chi connectivity index (χ2n) is 8.48. The number of H-pyrrole nitrogens is 1. The van der Waals surface area contributed by atoms with Crippen LogP contribution in [-0.2, 0) is 6.42 Å². The first-order valence-electron chi connectivity index (χ1n) is 9.99. The minimum absolute atomic E-state index is 0.00312. The predicted molar refractivity (Wildman–Crippen MR) is 118 cm³/mol. The molecule has 29 heavy (non-hydrogen) atoms. The van der Waals surface area contributed by atoms with Crippen LogP contribution in [-0.4, -0.2) is 64.3 Å². The molecule has 3 heterocycles. The molecule has 3 aromatic rings. The zero-order valence-corrected chi connectivity index (χ0v) is 18.2. The van der Waals surface area contributed by atoms with Gasteiger partial charge < -0.3 is 15.2 Å². The molecule has 0 radical (unpaired) electrons. The van der Waals surface area contributed by atoms with Crippen LogP contribution in [0.15, 0.2) is 30.5 Å². The second kappa shape index (κ2) is 7.76. The Bertz CT molecular complexity index is 1010. The molecule has 2 aromatic heterocycles. The van der Waals surface area contributed by atoms with Crippen LogP contribution in [0, 0.1) is 0 Å². The number of carbonyl (C=O) groups is 1. The summed E-state index contributed by atoms with van der Waals surface area (Å²) in [5.74, 6) is -0.158. The molecule has 0 aliphatic carbocycles. The van der Waals surface area contributed by atoms with Crippen molar-refractivity contribution in [1.82, 2.24) is 25.4 Å². The van der Waals surface area contributed by atoms with E-state index in [1.807, 2.05) is 25.3 Å². The van der Waals surface area contributed by atoms with Crippen molar-refractivity contribution in [2.24, 2.45) is 0 Å². The molecule has 0 bridgehead atoms. The molecule has 1 fully saturated rings. The van der Waals surface area contributed by atoms with Crippen molar-refractivity contribution < 1.29 is 4.79 Å². The second-order valence-corrected chi connectivity index (χ2v) is 9.44. The number of hydrogen-bond donors (Lipinski definition) is 2. The standard InChI is InChI=1S/C21H28N6OS/c1-14(11-15-12-22-17-8-6-5-7-16(15)17)23-18(28)19-24-25-20(29-19)27-10-9-26(4)21(2,3)13-27/h5-8,12,14,22H,9-11,13H2,1-4H3,(H,23,28). The summed E-state index contributed by atoms with van der Waals surface area (Å²) in [6.07, 6.45) is 2.78. The van der Waals surface area contributed by atoms with Gasteiger partial charge in [-0.05, 0) is 45.9 Å². The van der Waals surface area contributed by atoms with Crippen molar-refractivity contribution >= 4 is 33.3 Å². The normalized spacial score (nSPS) is 18.1. The van der Waals surface area contributed by atoms with Gasteiger partial charge in [-0.1, -0.05) is 29.5 Å². The van der Waals surface area contributed by atoms with Gasteiger partial charge in [0.05, 0.1) is 0 Å². The fourth-order valence-electron chi connectivity index (χ4n) is 3.81. The Morgan fingerprint density at radius 2 is 2.10 bits per heavy atom.